The number of fused-ring (bicyclic) bond motifs is 1. The molecule has 3 aromatic rings. The molecule has 2 heterocycles. The Bertz CT molecular complexity index is 1020. The number of hydrogen-bond acceptors (Lipinski definition) is 4. The lowest BCUT2D eigenvalue weighted by atomic mass is 10.0. The average molecular weight is 396 g/mol. The molecular weight excluding hydrogens is 374 g/mol. The largest absolute Gasteiger partial charge is 0.478 e. The van der Waals surface area contributed by atoms with E-state index in [0.717, 1.165) is 53.8 Å². The molecule has 28 heavy (non-hydrogen) atoms. The Hall–Kier alpha value is -2.79. The quantitative estimate of drug-likeness (QED) is 0.638. The van der Waals surface area contributed by atoms with Crippen LogP contribution in [0.25, 0.3) is 10.9 Å². The molecule has 0 unspecified atom stereocenters. The monoisotopic (exact) mass is 395 g/mol. The summed E-state index contributed by atoms with van der Waals surface area (Å²) in [6.07, 6.45) is 3.50. The Balaban J connectivity index is 1.74. The highest BCUT2D eigenvalue weighted by atomic mass is 35.5. The van der Waals surface area contributed by atoms with Gasteiger partial charge < -0.3 is 15.3 Å². The maximum atomic E-state index is 12.0. The summed E-state index contributed by atoms with van der Waals surface area (Å²) >= 11 is 6.27. The van der Waals surface area contributed by atoms with Crippen LogP contribution in [-0.2, 0) is 0 Å². The van der Waals surface area contributed by atoms with E-state index in [2.05, 4.69) is 15.2 Å². The van der Waals surface area contributed by atoms with Gasteiger partial charge in [-0.05, 0) is 49.6 Å². The van der Waals surface area contributed by atoms with Crippen molar-refractivity contribution in [3.05, 3.63) is 64.8 Å². The minimum Gasteiger partial charge on any atom is -0.478 e. The van der Waals surface area contributed by atoms with Crippen LogP contribution in [0.15, 0.2) is 48.7 Å². The number of benzene rings is 2. The number of pyridine rings is 1. The third kappa shape index (κ3) is 3.38. The molecule has 6 heteroatoms. The molecule has 1 aliphatic heterocycles. The second kappa shape index (κ2) is 7.68. The van der Waals surface area contributed by atoms with Crippen LogP contribution < -0.4 is 10.2 Å². The van der Waals surface area contributed by atoms with Crippen LogP contribution in [0.3, 0.4) is 0 Å². The zero-order chi connectivity index (χ0) is 19.7. The molecule has 1 fully saturated rings. The first-order valence-electron chi connectivity index (χ1n) is 9.43. The van der Waals surface area contributed by atoms with Gasteiger partial charge in [-0.2, -0.15) is 0 Å². The van der Waals surface area contributed by atoms with Crippen LogP contribution in [0.1, 0.15) is 28.8 Å². The molecule has 2 aromatic carbocycles. The Morgan fingerprint density at radius 2 is 2.07 bits per heavy atom. The number of aryl methyl sites for hydroxylation is 1. The number of halogens is 1. The zero-order valence-electron chi connectivity index (χ0n) is 15.7. The number of hydrogen-bond donors (Lipinski definition) is 2. The smallest absolute Gasteiger partial charge is 0.339 e. The van der Waals surface area contributed by atoms with E-state index in [1.807, 2.05) is 49.4 Å². The Morgan fingerprint density at radius 1 is 1.29 bits per heavy atom. The maximum Gasteiger partial charge on any atom is 0.339 e. The van der Waals surface area contributed by atoms with Crippen LogP contribution in [-0.4, -0.2) is 35.2 Å². The SMILES string of the molecule is Cc1c(Cl)ccc2c(N3CCC[C@H]3CNc3ccccc3)c(C(=O)O)cnc12. The second-order valence-corrected chi connectivity index (χ2v) is 7.54. The molecular formula is C22H22ClN3O2. The van der Waals surface area contributed by atoms with Crippen molar-refractivity contribution in [1.29, 1.82) is 0 Å². The number of rotatable bonds is 5. The fourth-order valence-electron chi connectivity index (χ4n) is 3.97. The van der Waals surface area contributed by atoms with Gasteiger partial charge in [0.15, 0.2) is 0 Å². The molecule has 1 aliphatic rings. The van der Waals surface area contributed by atoms with E-state index in [4.69, 9.17) is 11.6 Å². The number of carboxylic acid groups (broad SMARTS) is 1. The number of aromatic nitrogens is 1. The Kier molecular flexibility index (Phi) is 5.09. The molecule has 0 aliphatic carbocycles. The van der Waals surface area contributed by atoms with Gasteiger partial charge in [-0.25, -0.2) is 4.79 Å². The summed E-state index contributed by atoms with van der Waals surface area (Å²) < 4.78 is 0. The summed E-state index contributed by atoms with van der Waals surface area (Å²) in [5.41, 5.74) is 3.68. The number of aromatic carboxylic acids is 1. The molecule has 5 nitrogen and oxygen atoms in total. The first-order chi connectivity index (χ1) is 13.6. The summed E-state index contributed by atoms with van der Waals surface area (Å²) in [5.74, 6) is -0.960. The van der Waals surface area contributed by atoms with Gasteiger partial charge in [0.2, 0.25) is 0 Å². The molecule has 144 valence electrons. The summed E-state index contributed by atoms with van der Waals surface area (Å²) in [5, 5.41) is 14.8. The van der Waals surface area contributed by atoms with Gasteiger partial charge in [0.05, 0.1) is 11.2 Å². The molecule has 2 N–H and O–H groups in total. The van der Waals surface area contributed by atoms with E-state index in [9.17, 15) is 9.90 Å². The second-order valence-electron chi connectivity index (χ2n) is 7.13. The highest BCUT2D eigenvalue weighted by Crippen LogP contribution is 2.37. The Morgan fingerprint density at radius 3 is 2.82 bits per heavy atom. The maximum absolute atomic E-state index is 12.0. The standard InChI is InChI=1S/C22H22ClN3O2/c1-14-19(23)10-9-17-20(14)25-13-18(22(27)28)21(17)26-11-5-8-16(26)12-24-15-6-3-2-4-7-15/h2-4,6-7,9-10,13,16,24H,5,8,11-12H2,1H3,(H,27,28)/t16-/m0/s1. The topological polar surface area (TPSA) is 65.5 Å². The number of para-hydroxylation sites is 1. The summed E-state index contributed by atoms with van der Waals surface area (Å²) in [4.78, 5) is 18.6. The van der Waals surface area contributed by atoms with Gasteiger partial charge in [-0.15, -0.1) is 0 Å². The van der Waals surface area contributed by atoms with Crippen molar-refractivity contribution in [3.8, 4) is 0 Å². The van der Waals surface area contributed by atoms with Crippen molar-refractivity contribution in [2.24, 2.45) is 0 Å². The summed E-state index contributed by atoms with van der Waals surface area (Å²) in [6.45, 7) is 3.49. The van der Waals surface area contributed by atoms with Gasteiger partial charge in [-0.1, -0.05) is 29.8 Å². The Labute approximate surface area is 169 Å². The lowest BCUT2D eigenvalue weighted by molar-refractivity contribution is 0.0697. The molecule has 1 aromatic heterocycles. The van der Waals surface area contributed by atoms with Crippen LogP contribution in [0.4, 0.5) is 11.4 Å². The molecule has 0 amide bonds. The minimum atomic E-state index is -0.960. The third-order valence-corrected chi connectivity index (χ3v) is 5.82. The normalized spacial score (nSPS) is 16.5. The van der Waals surface area contributed by atoms with Gasteiger partial charge in [0.1, 0.15) is 5.56 Å². The molecule has 0 saturated carbocycles. The summed E-state index contributed by atoms with van der Waals surface area (Å²) in [6, 6.07) is 14.0. The number of carbonyl (C=O) groups is 1. The van der Waals surface area contributed by atoms with Gasteiger partial charge in [0, 0.05) is 41.4 Å². The number of nitrogens with one attached hydrogen (secondary N) is 1. The highest BCUT2D eigenvalue weighted by molar-refractivity contribution is 6.32. The van der Waals surface area contributed by atoms with Crippen molar-refractivity contribution >= 4 is 39.8 Å². The third-order valence-electron chi connectivity index (χ3n) is 5.41. The molecule has 1 atom stereocenters. The van der Waals surface area contributed by atoms with E-state index in [1.54, 1.807) is 0 Å². The van der Waals surface area contributed by atoms with Gasteiger partial charge in [0.25, 0.3) is 0 Å². The highest BCUT2D eigenvalue weighted by Gasteiger charge is 2.30. The van der Waals surface area contributed by atoms with E-state index in [1.165, 1.54) is 6.20 Å². The average Bonchev–Trinajstić information content (AvgIpc) is 3.17. The molecule has 0 radical (unpaired) electrons. The molecule has 0 spiro atoms. The van der Waals surface area contributed by atoms with Crippen molar-refractivity contribution in [1.82, 2.24) is 4.98 Å². The fraction of sp³-hybridized carbons (Fsp3) is 0.273. The van der Waals surface area contributed by atoms with Crippen molar-refractivity contribution in [2.45, 2.75) is 25.8 Å². The first kappa shape index (κ1) is 18.6. The predicted molar refractivity (Wildman–Crippen MR) is 114 cm³/mol. The van der Waals surface area contributed by atoms with Crippen LogP contribution >= 0.6 is 11.6 Å². The lowest BCUT2D eigenvalue weighted by Gasteiger charge is -2.30. The first-order valence-corrected chi connectivity index (χ1v) is 9.80. The number of anilines is 2. The minimum absolute atomic E-state index is 0.208. The molecule has 4 rings (SSSR count). The van der Waals surface area contributed by atoms with E-state index in [-0.39, 0.29) is 11.6 Å². The van der Waals surface area contributed by atoms with Crippen molar-refractivity contribution < 1.29 is 9.90 Å². The van der Waals surface area contributed by atoms with Crippen molar-refractivity contribution in [3.63, 3.8) is 0 Å². The van der Waals surface area contributed by atoms with Crippen molar-refractivity contribution in [2.75, 3.05) is 23.3 Å². The van der Waals surface area contributed by atoms with Gasteiger partial charge >= 0.3 is 5.97 Å². The zero-order valence-corrected chi connectivity index (χ0v) is 16.4. The predicted octanol–water partition coefficient (Wildman–Crippen LogP) is 4.98. The van der Waals surface area contributed by atoms with E-state index >= 15 is 0 Å². The molecule has 0 bridgehead atoms. The van der Waals surface area contributed by atoms with E-state index in [0.29, 0.717) is 5.02 Å². The fourth-order valence-corrected chi connectivity index (χ4v) is 4.12. The molecule has 1 saturated heterocycles. The van der Waals surface area contributed by atoms with Crippen LogP contribution in [0.2, 0.25) is 5.02 Å². The van der Waals surface area contributed by atoms with Crippen LogP contribution in [0, 0.1) is 6.92 Å². The lowest BCUT2D eigenvalue weighted by Crippen LogP contribution is -2.36. The van der Waals surface area contributed by atoms with Gasteiger partial charge in [-0.3, -0.25) is 4.98 Å². The number of carboxylic acids is 1. The van der Waals surface area contributed by atoms with E-state index < -0.39 is 5.97 Å². The summed E-state index contributed by atoms with van der Waals surface area (Å²) in [7, 11) is 0. The van der Waals surface area contributed by atoms with Crippen LogP contribution in [0.5, 0.6) is 0 Å². The number of nitrogens with zero attached hydrogens (tertiary/aromatic N) is 2.